The van der Waals surface area contributed by atoms with Crippen LogP contribution in [0.15, 0.2) is 30.6 Å². The Hall–Kier alpha value is -2.43. The number of nitrogens with zero attached hydrogens (tertiary/aromatic N) is 3. The van der Waals surface area contributed by atoms with Crippen molar-refractivity contribution in [2.75, 3.05) is 23.3 Å². The Morgan fingerprint density at radius 2 is 1.81 bits per heavy atom. The van der Waals surface area contributed by atoms with Gasteiger partial charge in [0.1, 0.15) is 11.5 Å². The summed E-state index contributed by atoms with van der Waals surface area (Å²) in [5, 5.41) is 3.02. The maximum Gasteiger partial charge on any atom is 0.275 e. The Kier molecular flexibility index (Phi) is 7.13. The predicted octanol–water partition coefficient (Wildman–Crippen LogP) is 4.79. The van der Waals surface area contributed by atoms with Gasteiger partial charge in [-0.05, 0) is 36.8 Å². The smallest absolute Gasteiger partial charge is 0.275 e. The summed E-state index contributed by atoms with van der Waals surface area (Å²) >= 11 is 0. The molecular weight excluding hydrogens is 324 g/mol. The van der Waals surface area contributed by atoms with Crippen molar-refractivity contribution < 1.29 is 4.79 Å². The molecule has 1 N–H and O–H groups in total. The molecule has 1 aromatic carbocycles. The molecule has 1 amide bonds. The Balaban J connectivity index is 2.19. The number of hydrogen-bond acceptors (Lipinski definition) is 4. The van der Waals surface area contributed by atoms with Crippen molar-refractivity contribution in [3.05, 3.63) is 47.4 Å². The van der Waals surface area contributed by atoms with Crippen LogP contribution in [0.3, 0.4) is 0 Å². The van der Waals surface area contributed by atoms with Crippen LogP contribution in [0.4, 0.5) is 11.5 Å². The Bertz CT molecular complexity index is 719. The first-order valence-corrected chi connectivity index (χ1v) is 9.45. The van der Waals surface area contributed by atoms with Crippen molar-refractivity contribution in [1.29, 1.82) is 0 Å². The molecule has 26 heavy (non-hydrogen) atoms. The third-order valence-electron chi connectivity index (χ3n) is 4.35. The van der Waals surface area contributed by atoms with Crippen molar-refractivity contribution in [3.63, 3.8) is 0 Å². The normalized spacial score (nSPS) is 10.8. The standard InChI is InChI=1S/C21H30N4O/c1-6-11-25(12-7-2)19-14-22-18(13-23-19)21(26)24-20-16(5)9-8-10-17(20)15(3)4/h8-10,13-15H,6-7,11-12H2,1-5H3,(H,24,26). The summed E-state index contributed by atoms with van der Waals surface area (Å²) in [5.74, 6) is 0.928. The van der Waals surface area contributed by atoms with E-state index in [2.05, 4.69) is 53.9 Å². The number of carbonyl (C=O) groups is 1. The lowest BCUT2D eigenvalue weighted by molar-refractivity contribution is 0.102. The molecule has 2 rings (SSSR count). The van der Waals surface area contributed by atoms with E-state index >= 15 is 0 Å². The number of para-hydroxylation sites is 1. The van der Waals surface area contributed by atoms with E-state index < -0.39 is 0 Å². The number of aryl methyl sites for hydroxylation is 1. The molecule has 5 nitrogen and oxygen atoms in total. The van der Waals surface area contributed by atoms with E-state index in [0.717, 1.165) is 48.6 Å². The number of nitrogens with one attached hydrogen (secondary N) is 1. The monoisotopic (exact) mass is 354 g/mol. The summed E-state index contributed by atoms with van der Waals surface area (Å²) in [6, 6.07) is 6.07. The zero-order chi connectivity index (χ0) is 19.1. The highest BCUT2D eigenvalue weighted by atomic mass is 16.1. The fourth-order valence-corrected chi connectivity index (χ4v) is 3.00. The first-order chi connectivity index (χ1) is 12.5. The average Bonchev–Trinajstić information content (AvgIpc) is 2.63. The van der Waals surface area contributed by atoms with Crippen molar-refractivity contribution in [2.45, 2.75) is 53.4 Å². The summed E-state index contributed by atoms with van der Waals surface area (Å²) in [7, 11) is 0. The SMILES string of the molecule is CCCN(CCC)c1cnc(C(=O)Nc2c(C)cccc2C(C)C)cn1. The summed E-state index contributed by atoms with van der Waals surface area (Å²) in [6.45, 7) is 12.4. The molecule has 2 aromatic rings. The molecule has 0 aliphatic heterocycles. The topological polar surface area (TPSA) is 58.1 Å². The van der Waals surface area contributed by atoms with Crippen molar-refractivity contribution >= 4 is 17.4 Å². The van der Waals surface area contributed by atoms with Gasteiger partial charge in [0.05, 0.1) is 12.4 Å². The van der Waals surface area contributed by atoms with Crippen molar-refractivity contribution in [2.24, 2.45) is 0 Å². The summed E-state index contributed by atoms with van der Waals surface area (Å²) in [6.07, 6.45) is 5.36. The molecule has 0 aliphatic carbocycles. The van der Waals surface area contributed by atoms with Gasteiger partial charge in [0.15, 0.2) is 0 Å². The van der Waals surface area contributed by atoms with Gasteiger partial charge in [0.2, 0.25) is 0 Å². The van der Waals surface area contributed by atoms with E-state index in [1.54, 1.807) is 12.4 Å². The molecule has 0 fully saturated rings. The fraction of sp³-hybridized carbons (Fsp3) is 0.476. The lowest BCUT2D eigenvalue weighted by Crippen LogP contribution is -2.26. The number of hydrogen-bond donors (Lipinski definition) is 1. The molecular formula is C21H30N4O. The summed E-state index contributed by atoms with van der Waals surface area (Å²) < 4.78 is 0. The van der Waals surface area contributed by atoms with E-state index in [1.165, 1.54) is 0 Å². The highest BCUT2D eigenvalue weighted by molar-refractivity contribution is 6.03. The largest absolute Gasteiger partial charge is 0.355 e. The maximum absolute atomic E-state index is 12.6. The van der Waals surface area contributed by atoms with Crippen LogP contribution < -0.4 is 10.2 Å². The van der Waals surface area contributed by atoms with Gasteiger partial charge in [-0.25, -0.2) is 9.97 Å². The first-order valence-electron chi connectivity index (χ1n) is 9.45. The predicted molar refractivity (Wildman–Crippen MR) is 108 cm³/mol. The van der Waals surface area contributed by atoms with Crippen LogP contribution in [0.5, 0.6) is 0 Å². The highest BCUT2D eigenvalue weighted by Crippen LogP contribution is 2.27. The molecule has 1 aromatic heterocycles. The second-order valence-electron chi connectivity index (χ2n) is 6.89. The van der Waals surface area contributed by atoms with Crippen LogP contribution in [-0.2, 0) is 0 Å². The van der Waals surface area contributed by atoms with Crippen LogP contribution in [0.1, 0.15) is 68.1 Å². The molecule has 0 atom stereocenters. The van der Waals surface area contributed by atoms with Gasteiger partial charge < -0.3 is 10.2 Å². The van der Waals surface area contributed by atoms with Gasteiger partial charge in [-0.3, -0.25) is 4.79 Å². The minimum atomic E-state index is -0.224. The van der Waals surface area contributed by atoms with Gasteiger partial charge in [-0.15, -0.1) is 0 Å². The minimum absolute atomic E-state index is 0.224. The number of aromatic nitrogens is 2. The lowest BCUT2D eigenvalue weighted by Gasteiger charge is -2.22. The molecule has 0 saturated carbocycles. The van der Waals surface area contributed by atoms with Crippen LogP contribution >= 0.6 is 0 Å². The van der Waals surface area contributed by atoms with Gasteiger partial charge in [0, 0.05) is 18.8 Å². The molecule has 0 bridgehead atoms. The molecule has 140 valence electrons. The van der Waals surface area contributed by atoms with Crippen LogP contribution in [-0.4, -0.2) is 29.0 Å². The summed E-state index contributed by atoms with van der Waals surface area (Å²) in [5.41, 5.74) is 3.38. The zero-order valence-corrected chi connectivity index (χ0v) is 16.5. The maximum atomic E-state index is 12.6. The second-order valence-corrected chi connectivity index (χ2v) is 6.89. The molecule has 5 heteroatoms. The van der Waals surface area contributed by atoms with Gasteiger partial charge in [0.25, 0.3) is 5.91 Å². The van der Waals surface area contributed by atoms with Crippen LogP contribution in [0, 0.1) is 6.92 Å². The number of carbonyl (C=O) groups excluding carboxylic acids is 1. The molecule has 1 heterocycles. The Labute approximate surface area is 156 Å². The first kappa shape index (κ1) is 19.9. The molecule has 0 aliphatic rings. The minimum Gasteiger partial charge on any atom is -0.355 e. The zero-order valence-electron chi connectivity index (χ0n) is 16.5. The number of amides is 1. The average molecular weight is 354 g/mol. The molecule has 0 radical (unpaired) electrons. The third-order valence-corrected chi connectivity index (χ3v) is 4.35. The van der Waals surface area contributed by atoms with Gasteiger partial charge >= 0.3 is 0 Å². The Morgan fingerprint density at radius 1 is 1.12 bits per heavy atom. The van der Waals surface area contributed by atoms with Gasteiger partial charge in [-0.1, -0.05) is 45.9 Å². The molecule has 0 saturated heterocycles. The molecule has 0 unspecified atom stereocenters. The summed E-state index contributed by atoms with van der Waals surface area (Å²) in [4.78, 5) is 23.7. The highest BCUT2D eigenvalue weighted by Gasteiger charge is 2.15. The van der Waals surface area contributed by atoms with Gasteiger partial charge in [-0.2, -0.15) is 0 Å². The van der Waals surface area contributed by atoms with Crippen LogP contribution in [0.2, 0.25) is 0 Å². The number of anilines is 2. The third kappa shape index (κ3) is 4.81. The lowest BCUT2D eigenvalue weighted by atomic mass is 9.98. The van der Waals surface area contributed by atoms with E-state index in [9.17, 15) is 4.79 Å². The number of rotatable bonds is 8. The van der Waals surface area contributed by atoms with E-state index in [1.807, 2.05) is 19.1 Å². The number of benzene rings is 1. The van der Waals surface area contributed by atoms with E-state index in [-0.39, 0.29) is 5.91 Å². The van der Waals surface area contributed by atoms with Crippen LogP contribution in [0.25, 0.3) is 0 Å². The Morgan fingerprint density at radius 3 is 2.35 bits per heavy atom. The van der Waals surface area contributed by atoms with Crippen molar-refractivity contribution in [3.8, 4) is 0 Å². The molecule has 0 spiro atoms. The quantitative estimate of drug-likeness (QED) is 0.740. The van der Waals surface area contributed by atoms with Crippen molar-refractivity contribution in [1.82, 2.24) is 9.97 Å². The second kappa shape index (κ2) is 9.32. The van der Waals surface area contributed by atoms with E-state index in [0.29, 0.717) is 11.6 Å². The fourth-order valence-electron chi connectivity index (χ4n) is 3.00. The van der Waals surface area contributed by atoms with E-state index in [4.69, 9.17) is 0 Å².